The number of para-hydroxylation sites is 1. The minimum Gasteiger partial charge on any atom is -0.497 e. The third kappa shape index (κ3) is 4.32. The highest BCUT2D eigenvalue weighted by Crippen LogP contribution is 2.33. The Hall–Kier alpha value is -3.00. The van der Waals surface area contributed by atoms with Crippen LogP contribution in [-0.2, 0) is 5.54 Å². The van der Waals surface area contributed by atoms with Crippen molar-refractivity contribution in [2.45, 2.75) is 38.8 Å². The normalized spacial score (nSPS) is 16.2. The Morgan fingerprint density at radius 2 is 1.72 bits per heavy atom. The molecule has 0 N–H and O–H groups in total. The van der Waals surface area contributed by atoms with Crippen molar-refractivity contribution in [1.29, 1.82) is 0 Å². The molecule has 0 aliphatic carbocycles. The van der Waals surface area contributed by atoms with Gasteiger partial charge in [0.25, 0.3) is 0 Å². The van der Waals surface area contributed by atoms with Crippen molar-refractivity contribution in [1.82, 2.24) is 25.1 Å². The van der Waals surface area contributed by atoms with Gasteiger partial charge in [0.05, 0.1) is 24.4 Å². The number of nitrogens with zero attached hydrogens (tertiary/aromatic N) is 6. The third-order valence-electron chi connectivity index (χ3n) is 6.48. The first kappa shape index (κ1) is 22.2. The smallest absolute Gasteiger partial charge is 0.173 e. The van der Waals surface area contributed by atoms with Crippen LogP contribution < -0.4 is 9.64 Å². The van der Waals surface area contributed by atoms with Crippen LogP contribution in [0.5, 0.6) is 5.75 Å². The van der Waals surface area contributed by atoms with E-state index >= 15 is 0 Å². The van der Waals surface area contributed by atoms with E-state index in [4.69, 9.17) is 4.74 Å². The second-order valence-corrected chi connectivity index (χ2v) is 8.77. The van der Waals surface area contributed by atoms with Crippen LogP contribution >= 0.6 is 0 Å². The number of halogens is 1. The van der Waals surface area contributed by atoms with Gasteiger partial charge in [-0.1, -0.05) is 31.2 Å². The predicted octanol–water partition coefficient (Wildman–Crippen LogP) is 3.88. The SMILES string of the molecule is CCC(C)(C)n1nnnc1[C@H](c1ccc(OC)cc1)N1CCN(c2ccccc2F)CC1. The zero-order chi connectivity index (χ0) is 22.7. The van der Waals surface area contributed by atoms with E-state index in [0.29, 0.717) is 5.69 Å². The van der Waals surface area contributed by atoms with Gasteiger partial charge in [0.15, 0.2) is 5.82 Å². The first-order valence-electron chi connectivity index (χ1n) is 11.1. The van der Waals surface area contributed by atoms with Crippen LogP contribution in [0, 0.1) is 5.82 Å². The number of aromatic nitrogens is 4. The van der Waals surface area contributed by atoms with Crippen molar-refractivity contribution in [3.8, 4) is 5.75 Å². The molecule has 1 aliphatic rings. The van der Waals surface area contributed by atoms with Crippen LogP contribution in [0.2, 0.25) is 0 Å². The molecule has 2 heterocycles. The molecule has 1 fully saturated rings. The molecule has 1 saturated heterocycles. The van der Waals surface area contributed by atoms with E-state index in [9.17, 15) is 4.39 Å². The fraction of sp³-hybridized carbons (Fsp3) is 0.458. The molecule has 1 aliphatic heterocycles. The van der Waals surface area contributed by atoms with Crippen LogP contribution in [0.25, 0.3) is 0 Å². The Balaban J connectivity index is 1.65. The van der Waals surface area contributed by atoms with Crippen molar-refractivity contribution >= 4 is 5.69 Å². The molecule has 0 spiro atoms. The van der Waals surface area contributed by atoms with Gasteiger partial charge in [0.1, 0.15) is 11.6 Å². The van der Waals surface area contributed by atoms with E-state index in [1.54, 1.807) is 13.2 Å². The van der Waals surface area contributed by atoms with Crippen molar-refractivity contribution in [3.05, 3.63) is 65.7 Å². The molecule has 7 nitrogen and oxygen atoms in total. The monoisotopic (exact) mass is 438 g/mol. The van der Waals surface area contributed by atoms with Crippen LogP contribution in [-0.4, -0.2) is 58.4 Å². The standard InChI is InChI=1S/C24H31FN6O/c1-5-24(2,3)31-23(26-27-28-31)22(18-10-12-19(32-4)13-11-18)30-16-14-29(15-17-30)21-9-7-6-8-20(21)25/h6-13,22H,5,14-17H2,1-4H3/t22-/m0/s1. The number of tetrazole rings is 1. The van der Waals surface area contributed by atoms with Crippen molar-refractivity contribution in [3.63, 3.8) is 0 Å². The van der Waals surface area contributed by atoms with Gasteiger partial charge in [0.2, 0.25) is 0 Å². The number of piperazine rings is 1. The Labute approximate surface area is 188 Å². The predicted molar refractivity (Wildman–Crippen MR) is 122 cm³/mol. The van der Waals surface area contributed by atoms with E-state index < -0.39 is 0 Å². The lowest BCUT2D eigenvalue weighted by molar-refractivity contribution is 0.187. The lowest BCUT2D eigenvalue weighted by Gasteiger charge is -2.40. The summed E-state index contributed by atoms with van der Waals surface area (Å²) < 4.78 is 21.6. The van der Waals surface area contributed by atoms with E-state index in [0.717, 1.165) is 49.7 Å². The van der Waals surface area contributed by atoms with E-state index in [1.165, 1.54) is 6.07 Å². The third-order valence-corrected chi connectivity index (χ3v) is 6.48. The van der Waals surface area contributed by atoms with Crippen molar-refractivity contribution in [2.24, 2.45) is 0 Å². The van der Waals surface area contributed by atoms with Crippen LogP contribution in [0.4, 0.5) is 10.1 Å². The topological polar surface area (TPSA) is 59.3 Å². The van der Waals surface area contributed by atoms with Crippen LogP contribution in [0.15, 0.2) is 48.5 Å². The van der Waals surface area contributed by atoms with Gasteiger partial charge in [-0.05, 0) is 60.5 Å². The molecule has 1 atom stereocenters. The van der Waals surface area contributed by atoms with E-state index in [1.807, 2.05) is 28.9 Å². The lowest BCUT2D eigenvalue weighted by Crippen LogP contribution is -2.49. The highest BCUT2D eigenvalue weighted by atomic mass is 19.1. The fourth-order valence-corrected chi connectivity index (χ4v) is 4.18. The summed E-state index contributed by atoms with van der Waals surface area (Å²) in [4.78, 5) is 4.49. The van der Waals surface area contributed by atoms with E-state index in [-0.39, 0.29) is 17.4 Å². The minimum atomic E-state index is -0.210. The zero-order valence-electron chi connectivity index (χ0n) is 19.2. The molecule has 170 valence electrons. The summed E-state index contributed by atoms with van der Waals surface area (Å²) in [7, 11) is 1.67. The molecular weight excluding hydrogens is 407 g/mol. The summed E-state index contributed by atoms with van der Waals surface area (Å²) in [6.45, 7) is 9.43. The number of hydrogen-bond donors (Lipinski definition) is 0. The summed E-state index contributed by atoms with van der Waals surface area (Å²) in [6, 6.07) is 14.9. The average Bonchev–Trinajstić information content (AvgIpc) is 3.31. The Morgan fingerprint density at radius 1 is 1.03 bits per heavy atom. The summed E-state index contributed by atoms with van der Waals surface area (Å²) >= 11 is 0. The molecule has 32 heavy (non-hydrogen) atoms. The number of hydrogen-bond acceptors (Lipinski definition) is 6. The van der Waals surface area contributed by atoms with Crippen molar-refractivity contribution in [2.75, 3.05) is 38.2 Å². The zero-order valence-corrected chi connectivity index (χ0v) is 19.2. The molecule has 8 heteroatoms. The highest BCUT2D eigenvalue weighted by molar-refractivity contribution is 5.48. The molecule has 0 bridgehead atoms. The first-order valence-corrected chi connectivity index (χ1v) is 11.1. The van der Waals surface area contributed by atoms with E-state index in [2.05, 4.69) is 58.2 Å². The number of benzene rings is 2. The van der Waals surface area contributed by atoms with Gasteiger partial charge in [-0.25, -0.2) is 9.07 Å². The molecule has 2 aromatic carbocycles. The summed E-state index contributed by atoms with van der Waals surface area (Å²) in [5.74, 6) is 1.45. The molecule has 3 aromatic rings. The molecule has 4 rings (SSSR count). The second-order valence-electron chi connectivity index (χ2n) is 8.77. The second kappa shape index (κ2) is 9.24. The molecule has 0 radical (unpaired) electrons. The Bertz CT molecular complexity index is 1030. The van der Waals surface area contributed by atoms with Gasteiger partial charge < -0.3 is 9.64 Å². The van der Waals surface area contributed by atoms with Crippen LogP contribution in [0.3, 0.4) is 0 Å². The minimum absolute atomic E-state index is 0.107. The number of rotatable bonds is 7. The Kier molecular flexibility index (Phi) is 6.41. The molecule has 0 unspecified atom stereocenters. The molecule has 0 amide bonds. The molecular formula is C24H31FN6O. The van der Waals surface area contributed by atoms with Gasteiger partial charge >= 0.3 is 0 Å². The average molecular weight is 439 g/mol. The number of anilines is 1. The largest absolute Gasteiger partial charge is 0.497 e. The summed E-state index contributed by atoms with van der Waals surface area (Å²) in [5.41, 5.74) is 1.55. The van der Waals surface area contributed by atoms with Gasteiger partial charge in [0, 0.05) is 26.2 Å². The van der Waals surface area contributed by atoms with Gasteiger partial charge in [-0.2, -0.15) is 0 Å². The quantitative estimate of drug-likeness (QED) is 0.558. The van der Waals surface area contributed by atoms with Gasteiger partial charge in [-0.15, -0.1) is 5.10 Å². The maximum Gasteiger partial charge on any atom is 0.173 e. The number of methoxy groups -OCH3 is 1. The summed E-state index contributed by atoms with van der Waals surface area (Å²) in [5, 5.41) is 12.9. The van der Waals surface area contributed by atoms with Gasteiger partial charge in [-0.3, -0.25) is 4.90 Å². The molecule has 0 saturated carbocycles. The fourth-order valence-electron chi connectivity index (χ4n) is 4.18. The maximum atomic E-state index is 14.3. The lowest BCUT2D eigenvalue weighted by atomic mass is 9.99. The summed E-state index contributed by atoms with van der Waals surface area (Å²) in [6.07, 6.45) is 0.904. The Morgan fingerprint density at radius 3 is 2.34 bits per heavy atom. The maximum absolute atomic E-state index is 14.3. The molecule has 1 aromatic heterocycles. The highest BCUT2D eigenvalue weighted by Gasteiger charge is 2.34. The first-order chi connectivity index (χ1) is 15.4. The van der Waals surface area contributed by atoms with Crippen LogP contribution in [0.1, 0.15) is 44.6 Å². The number of ether oxygens (including phenoxy) is 1. The van der Waals surface area contributed by atoms with Crippen molar-refractivity contribution < 1.29 is 9.13 Å².